The maximum atomic E-state index is 6.23. The fourth-order valence-corrected chi connectivity index (χ4v) is 3.95. The van der Waals surface area contributed by atoms with Gasteiger partial charge in [0.15, 0.2) is 11.9 Å². The third-order valence-electron chi connectivity index (χ3n) is 4.13. The first-order valence-electron chi connectivity index (χ1n) is 8.75. The number of pyridine rings is 1. The van der Waals surface area contributed by atoms with Crippen LogP contribution in [0, 0.1) is 0 Å². The number of hydrogen-bond acceptors (Lipinski definition) is 7. The fraction of sp³-hybridized carbons (Fsp3) is 0.263. The summed E-state index contributed by atoms with van der Waals surface area (Å²) in [5.41, 5.74) is 3.42. The van der Waals surface area contributed by atoms with E-state index in [-0.39, 0.29) is 6.23 Å². The van der Waals surface area contributed by atoms with Gasteiger partial charge in [-0.15, -0.1) is 10.2 Å². The Balaban J connectivity index is 1.76. The Morgan fingerprint density at radius 3 is 2.85 bits per heavy atom. The van der Waals surface area contributed by atoms with E-state index < -0.39 is 0 Å². The van der Waals surface area contributed by atoms with Crippen LogP contribution in [-0.4, -0.2) is 25.9 Å². The van der Waals surface area contributed by atoms with Gasteiger partial charge in [0.05, 0.1) is 0 Å². The molecule has 3 heterocycles. The van der Waals surface area contributed by atoms with Crippen molar-refractivity contribution in [3.63, 3.8) is 0 Å². The Morgan fingerprint density at radius 2 is 2.04 bits per heavy atom. The first-order chi connectivity index (χ1) is 13.2. The minimum Gasteiger partial charge on any atom is -0.448 e. The monoisotopic (exact) mass is 443 g/mol. The van der Waals surface area contributed by atoms with Gasteiger partial charge in [-0.05, 0) is 36.8 Å². The van der Waals surface area contributed by atoms with E-state index in [9.17, 15) is 0 Å². The Hall–Kier alpha value is -2.19. The molecule has 0 spiro atoms. The second-order valence-electron chi connectivity index (χ2n) is 6.06. The molecular weight excluding hydrogens is 426 g/mol. The molecule has 1 aliphatic rings. The van der Waals surface area contributed by atoms with Gasteiger partial charge in [-0.1, -0.05) is 41.0 Å². The molecule has 1 aromatic carbocycles. The smallest absolute Gasteiger partial charge is 0.247 e. The molecule has 0 bridgehead atoms. The number of hydrogen-bond donors (Lipinski definition) is 1. The predicted octanol–water partition coefficient (Wildman–Crippen LogP) is 5.09. The lowest BCUT2D eigenvalue weighted by atomic mass is 10.1. The van der Waals surface area contributed by atoms with Gasteiger partial charge in [-0.3, -0.25) is 4.98 Å². The molecule has 0 amide bonds. The highest BCUT2D eigenvalue weighted by Gasteiger charge is 2.26. The number of unbranched alkanes of at least 4 members (excludes halogenated alkanes) is 1. The van der Waals surface area contributed by atoms with Crippen molar-refractivity contribution >= 4 is 33.4 Å². The Kier molecular flexibility index (Phi) is 5.54. The molecule has 1 N–H and O–H groups in total. The standard InChI is InChI=1S/C19H18BrN5OS/c1-2-3-10-27-19-23-18-16(24-25-19)14-11-13(20)4-5-15(14)22-17(26-18)12-6-8-21-9-7-12/h4-9,11,17,22H,2-3,10H2,1H3/t17-/m1/s1. The van der Waals surface area contributed by atoms with Crippen LogP contribution in [0.2, 0.25) is 0 Å². The molecule has 138 valence electrons. The summed E-state index contributed by atoms with van der Waals surface area (Å²) in [6.07, 6.45) is 5.36. The van der Waals surface area contributed by atoms with E-state index >= 15 is 0 Å². The lowest BCUT2D eigenvalue weighted by Crippen LogP contribution is -2.17. The Labute approximate surface area is 170 Å². The highest BCUT2D eigenvalue weighted by atomic mass is 79.9. The van der Waals surface area contributed by atoms with Gasteiger partial charge in [-0.25, -0.2) is 0 Å². The molecule has 1 aliphatic heterocycles. The number of ether oxygens (including phenoxy) is 1. The van der Waals surface area contributed by atoms with E-state index in [0.717, 1.165) is 39.9 Å². The summed E-state index contributed by atoms with van der Waals surface area (Å²) < 4.78 is 7.19. The van der Waals surface area contributed by atoms with Crippen LogP contribution in [0.25, 0.3) is 11.3 Å². The number of anilines is 1. The number of nitrogens with zero attached hydrogens (tertiary/aromatic N) is 4. The molecule has 6 nitrogen and oxygen atoms in total. The molecule has 0 aliphatic carbocycles. The predicted molar refractivity (Wildman–Crippen MR) is 110 cm³/mol. The number of thioether (sulfide) groups is 1. The maximum absolute atomic E-state index is 6.23. The molecule has 4 rings (SSSR count). The van der Waals surface area contributed by atoms with E-state index in [1.165, 1.54) is 0 Å². The van der Waals surface area contributed by atoms with Crippen LogP contribution >= 0.6 is 27.7 Å². The number of benzene rings is 1. The minimum atomic E-state index is -0.389. The van der Waals surface area contributed by atoms with Gasteiger partial charge in [0.1, 0.15) is 0 Å². The van der Waals surface area contributed by atoms with Crippen LogP contribution < -0.4 is 10.1 Å². The van der Waals surface area contributed by atoms with E-state index in [0.29, 0.717) is 16.7 Å². The summed E-state index contributed by atoms with van der Waals surface area (Å²) in [6, 6.07) is 9.83. The molecular formula is C19H18BrN5OS. The summed E-state index contributed by atoms with van der Waals surface area (Å²) in [6.45, 7) is 2.17. The molecule has 0 saturated carbocycles. The maximum Gasteiger partial charge on any atom is 0.247 e. The average molecular weight is 444 g/mol. The van der Waals surface area contributed by atoms with Crippen molar-refractivity contribution in [2.45, 2.75) is 31.1 Å². The molecule has 0 saturated heterocycles. The SMILES string of the molecule is CCCCSc1nnc2c(n1)O[C@H](c1ccncc1)Nc1ccc(Br)cc1-2. The van der Waals surface area contributed by atoms with Gasteiger partial charge < -0.3 is 10.1 Å². The Bertz CT molecular complexity index is 941. The van der Waals surface area contributed by atoms with Crippen molar-refractivity contribution < 1.29 is 4.74 Å². The van der Waals surface area contributed by atoms with Crippen LogP contribution in [0.1, 0.15) is 31.6 Å². The average Bonchev–Trinajstić information content (AvgIpc) is 2.85. The van der Waals surface area contributed by atoms with Crippen molar-refractivity contribution in [2.24, 2.45) is 0 Å². The van der Waals surface area contributed by atoms with Crippen LogP contribution in [-0.2, 0) is 0 Å². The summed E-state index contributed by atoms with van der Waals surface area (Å²) >= 11 is 5.14. The Morgan fingerprint density at radius 1 is 1.19 bits per heavy atom. The molecule has 2 aromatic heterocycles. The second-order valence-corrected chi connectivity index (χ2v) is 8.04. The first kappa shape index (κ1) is 18.2. The quantitative estimate of drug-likeness (QED) is 0.434. The van der Waals surface area contributed by atoms with Crippen LogP contribution in [0.15, 0.2) is 52.4 Å². The van der Waals surface area contributed by atoms with Crippen molar-refractivity contribution in [3.05, 3.63) is 52.8 Å². The van der Waals surface area contributed by atoms with Gasteiger partial charge in [0.2, 0.25) is 11.0 Å². The fourth-order valence-electron chi connectivity index (χ4n) is 2.73. The normalized spacial score (nSPS) is 15.1. The highest BCUT2D eigenvalue weighted by Crippen LogP contribution is 2.40. The van der Waals surface area contributed by atoms with Gasteiger partial charge in [0.25, 0.3) is 0 Å². The number of fused-ring (bicyclic) bond motifs is 3. The third kappa shape index (κ3) is 4.06. The topological polar surface area (TPSA) is 72.8 Å². The first-order valence-corrected chi connectivity index (χ1v) is 10.5. The van der Waals surface area contributed by atoms with Gasteiger partial charge in [-0.2, -0.15) is 4.98 Å². The second kappa shape index (κ2) is 8.22. The van der Waals surface area contributed by atoms with Crippen molar-refractivity contribution in [3.8, 4) is 17.1 Å². The number of halogens is 1. The summed E-state index contributed by atoms with van der Waals surface area (Å²) in [4.78, 5) is 8.73. The number of aromatic nitrogens is 4. The minimum absolute atomic E-state index is 0.389. The van der Waals surface area contributed by atoms with Crippen LogP contribution in [0.5, 0.6) is 5.88 Å². The zero-order chi connectivity index (χ0) is 18.6. The van der Waals surface area contributed by atoms with Crippen molar-refractivity contribution in [1.29, 1.82) is 0 Å². The lowest BCUT2D eigenvalue weighted by molar-refractivity contribution is 0.225. The van der Waals surface area contributed by atoms with E-state index in [4.69, 9.17) is 4.74 Å². The number of rotatable bonds is 5. The van der Waals surface area contributed by atoms with Crippen LogP contribution in [0.3, 0.4) is 0 Å². The highest BCUT2D eigenvalue weighted by molar-refractivity contribution is 9.10. The molecule has 0 radical (unpaired) electrons. The summed E-state index contributed by atoms with van der Waals surface area (Å²) in [5.74, 6) is 1.45. The zero-order valence-corrected chi connectivity index (χ0v) is 17.1. The molecule has 0 unspecified atom stereocenters. The molecule has 1 atom stereocenters. The van der Waals surface area contributed by atoms with E-state index in [1.807, 2.05) is 30.3 Å². The lowest BCUT2D eigenvalue weighted by Gasteiger charge is -2.19. The summed E-state index contributed by atoms with van der Waals surface area (Å²) in [7, 11) is 0. The molecule has 3 aromatic rings. The van der Waals surface area contributed by atoms with Gasteiger partial charge >= 0.3 is 0 Å². The largest absolute Gasteiger partial charge is 0.448 e. The third-order valence-corrected chi connectivity index (χ3v) is 5.54. The van der Waals surface area contributed by atoms with E-state index in [1.54, 1.807) is 24.2 Å². The zero-order valence-electron chi connectivity index (χ0n) is 14.7. The van der Waals surface area contributed by atoms with Crippen molar-refractivity contribution in [2.75, 3.05) is 11.1 Å². The molecule has 0 fully saturated rings. The van der Waals surface area contributed by atoms with Gasteiger partial charge in [0, 0.05) is 39.4 Å². The van der Waals surface area contributed by atoms with Crippen LogP contribution in [0.4, 0.5) is 5.69 Å². The van der Waals surface area contributed by atoms with E-state index in [2.05, 4.69) is 48.3 Å². The summed E-state index contributed by atoms with van der Waals surface area (Å²) in [5, 5.41) is 12.8. The number of nitrogens with one attached hydrogen (secondary N) is 1. The molecule has 8 heteroatoms. The van der Waals surface area contributed by atoms with Crippen molar-refractivity contribution in [1.82, 2.24) is 20.2 Å². The molecule has 27 heavy (non-hydrogen) atoms.